The molecule has 0 aromatic carbocycles. The van der Waals surface area contributed by atoms with Crippen molar-refractivity contribution in [1.29, 1.82) is 0 Å². The van der Waals surface area contributed by atoms with Crippen molar-refractivity contribution in [3.63, 3.8) is 0 Å². The maximum absolute atomic E-state index is 10.4. The van der Waals surface area contributed by atoms with E-state index in [-0.39, 0.29) is 17.2 Å². The number of rotatable bonds is 4. The van der Waals surface area contributed by atoms with E-state index in [2.05, 4.69) is 0 Å². The Morgan fingerprint density at radius 2 is 1.68 bits per heavy atom. The number of piperidine rings is 1. The van der Waals surface area contributed by atoms with Crippen LogP contribution in [0.2, 0.25) is 0 Å². The average molecular weight is 333 g/mol. The molecule has 0 atom stereocenters. The lowest BCUT2D eigenvalue weighted by Crippen LogP contribution is -2.61. The Labute approximate surface area is 132 Å². The first-order valence-corrected chi connectivity index (χ1v) is 9.54. The van der Waals surface area contributed by atoms with Gasteiger partial charge in [0.25, 0.3) is 0 Å². The van der Waals surface area contributed by atoms with Gasteiger partial charge in [0.05, 0.1) is 19.3 Å². The minimum atomic E-state index is -2.96. The fourth-order valence-electron chi connectivity index (χ4n) is 3.77. The number of nitrogens with zero attached hydrogens (tertiary/aromatic N) is 1. The molecule has 0 spiro atoms. The molecule has 0 radical (unpaired) electrons. The molecule has 128 valence electrons. The summed E-state index contributed by atoms with van der Waals surface area (Å²) in [5.74, 6) is -0.851. The summed E-state index contributed by atoms with van der Waals surface area (Å²) in [4.78, 5) is 0. The first-order valence-electron chi connectivity index (χ1n) is 7.91. The van der Waals surface area contributed by atoms with Crippen LogP contribution in [0.5, 0.6) is 0 Å². The van der Waals surface area contributed by atoms with Gasteiger partial charge in [-0.2, -0.15) is 5.06 Å². The van der Waals surface area contributed by atoms with Crippen LogP contribution < -0.4 is 0 Å². The Hall–Kier alpha value is -0.0631. The van der Waals surface area contributed by atoms with Crippen molar-refractivity contribution >= 4 is 9.05 Å². The van der Waals surface area contributed by atoms with Crippen molar-refractivity contribution in [2.75, 3.05) is 19.8 Å². The molecule has 0 amide bonds. The van der Waals surface area contributed by atoms with E-state index in [1.165, 1.54) is 5.06 Å². The predicted molar refractivity (Wildman–Crippen MR) is 79.0 cm³/mol. The fraction of sp³-hybridized carbons (Fsp3) is 1.00. The van der Waals surface area contributed by atoms with Crippen LogP contribution in [0.15, 0.2) is 0 Å². The first-order chi connectivity index (χ1) is 10.1. The molecule has 1 N–H and O–H groups in total. The second kappa shape index (κ2) is 5.22. The quantitative estimate of drug-likeness (QED) is 0.785. The van der Waals surface area contributed by atoms with Gasteiger partial charge in [0.2, 0.25) is 5.79 Å². The zero-order chi connectivity index (χ0) is 16.2. The summed E-state index contributed by atoms with van der Waals surface area (Å²) in [7, 11) is -2.96. The molecular formula is C14H27NO6Si. The second-order valence-corrected chi connectivity index (χ2v) is 9.68. The lowest BCUT2D eigenvalue weighted by atomic mass is 9.80. The summed E-state index contributed by atoms with van der Waals surface area (Å²) in [6.07, 6.45) is 1.38. The zero-order valence-corrected chi connectivity index (χ0v) is 15.0. The molecule has 22 heavy (non-hydrogen) atoms. The molecule has 3 aliphatic heterocycles. The minimum Gasteiger partial charge on any atom is -0.351 e. The molecule has 7 nitrogen and oxygen atoms in total. The van der Waals surface area contributed by atoms with Gasteiger partial charge in [-0.3, -0.25) is 0 Å². The normalized spacial score (nSPS) is 41.2. The van der Waals surface area contributed by atoms with E-state index in [4.69, 9.17) is 22.4 Å². The van der Waals surface area contributed by atoms with Crippen LogP contribution in [0.4, 0.5) is 0 Å². The third-order valence-corrected chi connectivity index (χ3v) is 6.81. The van der Waals surface area contributed by atoms with Gasteiger partial charge in [-0.25, -0.2) is 0 Å². The summed E-state index contributed by atoms with van der Waals surface area (Å²) in [5, 5.41) is 11.8. The zero-order valence-electron chi connectivity index (χ0n) is 14.0. The number of fused-ring (bicyclic) bond motifs is 2. The lowest BCUT2D eigenvalue weighted by Gasteiger charge is -2.52. The molecule has 0 aromatic heterocycles. The topological polar surface area (TPSA) is 69.6 Å². The summed E-state index contributed by atoms with van der Waals surface area (Å²) < 4.78 is 29.0. The van der Waals surface area contributed by atoms with E-state index in [9.17, 15) is 5.21 Å². The van der Waals surface area contributed by atoms with Crippen LogP contribution >= 0.6 is 0 Å². The molecule has 0 saturated carbocycles. The van der Waals surface area contributed by atoms with Gasteiger partial charge in [-0.15, -0.1) is 0 Å². The van der Waals surface area contributed by atoms with E-state index in [1.54, 1.807) is 0 Å². The van der Waals surface area contributed by atoms with Crippen LogP contribution in [0.1, 0.15) is 47.5 Å². The molecule has 2 bridgehead atoms. The highest BCUT2D eigenvalue weighted by Gasteiger charge is 2.68. The van der Waals surface area contributed by atoms with Crippen molar-refractivity contribution in [1.82, 2.24) is 5.06 Å². The Bertz CT molecular complexity index is 417. The smallest absolute Gasteiger partial charge is 0.351 e. The van der Waals surface area contributed by atoms with Crippen molar-refractivity contribution in [2.45, 2.75) is 70.4 Å². The van der Waals surface area contributed by atoms with Crippen molar-refractivity contribution in [3.05, 3.63) is 0 Å². The van der Waals surface area contributed by atoms with Crippen LogP contribution in [-0.4, -0.2) is 62.1 Å². The molecule has 3 saturated heterocycles. The molecule has 0 aromatic rings. The number of ether oxygens (including phenoxy) is 1. The van der Waals surface area contributed by atoms with Crippen LogP contribution in [0.3, 0.4) is 0 Å². The van der Waals surface area contributed by atoms with E-state index in [0.717, 1.165) is 0 Å². The Morgan fingerprint density at radius 1 is 1.14 bits per heavy atom. The van der Waals surface area contributed by atoms with Gasteiger partial charge >= 0.3 is 9.05 Å². The van der Waals surface area contributed by atoms with Crippen LogP contribution in [0.25, 0.3) is 0 Å². The minimum absolute atomic E-state index is 0.0369. The third-order valence-electron chi connectivity index (χ3n) is 4.55. The first kappa shape index (κ1) is 16.8. The van der Waals surface area contributed by atoms with Gasteiger partial charge in [-0.1, -0.05) is 0 Å². The van der Waals surface area contributed by atoms with Crippen molar-refractivity contribution < 1.29 is 27.6 Å². The number of hydroxylamine groups is 2. The Balaban J connectivity index is 1.70. The molecule has 3 aliphatic rings. The molecule has 0 aliphatic carbocycles. The van der Waals surface area contributed by atoms with E-state index >= 15 is 0 Å². The highest BCUT2D eigenvalue weighted by atomic mass is 28.4. The van der Waals surface area contributed by atoms with Crippen LogP contribution in [0, 0.1) is 0 Å². The maximum atomic E-state index is 10.4. The highest BCUT2D eigenvalue weighted by Crippen LogP contribution is 2.44. The molecule has 3 rings (SSSR count). The summed E-state index contributed by atoms with van der Waals surface area (Å²) in [5.41, 5.74) is -0.729. The molecule has 3 heterocycles. The van der Waals surface area contributed by atoms with Gasteiger partial charge in [0.1, 0.15) is 0 Å². The maximum Gasteiger partial charge on any atom is 0.682 e. The van der Waals surface area contributed by atoms with Crippen LogP contribution in [-0.2, 0) is 22.4 Å². The summed E-state index contributed by atoms with van der Waals surface area (Å²) >= 11 is 0. The Kier molecular flexibility index (Phi) is 3.98. The van der Waals surface area contributed by atoms with E-state index in [1.807, 2.05) is 34.6 Å². The van der Waals surface area contributed by atoms with E-state index < -0.39 is 14.8 Å². The second-order valence-electron chi connectivity index (χ2n) is 7.61. The highest BCUT2D eigenvalue weighted by molar-refractivity contribution is 6.54. The van der Waals surface area contributed by atoms with Gasteiger partial charge in [-0.05, 0) is 47.5 Å². The van der Waals surface area contributed by atoms with Gasteiger partial charge in [0, 0.05) is 17.7 Å². The van der Waals surface area contributed by atoms with Gasteiger partial charge < -0.3 is 27.6 Å². The summed E-state index contributed by atoms with van der Waals surface area (Å²) in [6, 6.07) is 0. The number of hydrogen-bond acceptors (Lipinski definition) is 7. The fourth-order valence-corrected chi connectivity index (χ4v) is 5.97. The molecule has 8 heteroatoms. The average Bonchev–Trinajstić information content (AvgIpc) is 2.91. The van der Waals surface area contributed by atoms with E-state index in [0.29, 0.717) is 32.7 Å². The summed E-state index contributed by atoms with van der Waals surface area (Å²) in [6.45, 7) is 11.1. The van der Waals surface area contributed by atoms with Crippen molar-refractivity contribution in [3.8, 4) is 0 Å². The standard InChI is InChI=1S/C14H27NO6Si/c1-6-17-22-18-9-14(21-22,10-19-22)20-11-7-12(2,3)15(16)13(4,5)8-11/h11,16H,6-10H2,1-5H3. The van der Waals surface area contributed by atoms with Crippen molar-refractivity contribution in [2.24, 2.45) is 0 Å². The molecular weight excluding hydrogens is 306 g/mol. The monoisotopic (exact) mass is 333 g/mol. The molecule has 0 unspecified atom stereocenters. The SMILES string of the molecule is CCO[Si]12OCC(OC3CC(C)(C)N(O)C(C)(C)C3)(CO1)O2. The van der Waals surface area contributed by atoms with Gasteiger partial charge in [0.15, 0.2) is 0 Å². The molecule has 3 fully saturated rings. The lowest BCUT2D eigenvalue weighted by molar-refractivity contribution is -0.287. The third kappa shape index (κ3) is 2.76. The predicted octanol–water partition coefficient (Wildman–Crippen LogP) is 1.66. The Morgan fingerprint density at radius 3 is 2.18 bits per heavy atom. The number of hydrogen-bond donors (Lipinski definition) is 1. The largest absolute Gasteiger partial charge is 0.682 e.